The maximum absolute atomic E-state index is 4.10. The molecule has 0 aliphatic heterocycles. The van der Waals surface area contributed by atoms with Crippen molar-refractivity contribution in [1.82, 2.24) is 0 Å². The highest BCUT2D eigenvalue weighted by atomic mass is 14.7. The first-order chi connectivity index (χ1) is 5.11. The number of rotatable bonds is 3. The van der Waals surface area contributed by atoms with Gasteiger partial charge in [0.15, 0.2) is 0 Å². The molecular weight excluding hydrogens is 134 g/mol. The summed E-state index contributed by atoms with van der Waals surface area (Å²) in [5, 5.41) is 0. The molecule has 1 heteroatoms. The molecule has 0 unspecified atom stereocenters. The third-order valence-electron chi connectivity index (χ3n) is 1.90. The van der Waals surface area contributed by atoms with Gasteiger partial charge in [-0.05, 0) is 25.3 Å². The molecule has 0 saturated heterocycles. The van der Waals surface area contributed by atoms with Crippen molar-refractivity contribution in [3.63, 3.8) is 0 Å². The molecule has 11 heavy (non-hydrogen) atoms. The lowest BCUT2D eigenvalue weighted by atomic mass is 9.99. The molecule has 1 nitrogen and oxygen atoms in total. The monoisotopic (exact) mass is 153 g/mol. The summed E-state index contributed by atoms with van der Waals surface area (Å²) in [4.78, 5) is 4.10. The smallest absolute Gasteiger partial charge is 0.0313 e. The van der Waals surface area contributed by atoms with Crippen LogP contribution in [0.4, 0.5) is 0 Å². The van der Waals surface area contributed by atoms with Crippen LogP contribution in [0, 0.1) is 5.92 Å². The summed E-state index contributed by atoms with van der Waals surface area (Å²) in [7, 11) is 1.83. The van der Waals surface area contributed by atoms with Crippen molar-refractivity contribution in [2.24, 2.45) is 10.9 Å². The summed E-state index contributed by atoms with van der Waals surface area (Å²) in [6.45, 7) is 8.67. The van der Waals surface area contributed by atoms with Crippen LogP contribution in [0.1, 0.15) is 34.1 Å². The minimum atomic E-state index is 0.650. The molecule has 0 aromatic carbocycles. The molecule has 0 aromatic heterocycles. The lowest BCUT2D eigenvalue weighted by molar-refractivity contribution is 0.733. The van der Waals surface area contributed by atoms with Gasteiger partial charge in [-0.1, -0.05) is 26.3 Å². The van der Waals surface area contributed by atoms with Gasteiger partial charge in [0.2, 0.25) is 0 Å². The first-order valence-corrected chi connectivity index (χ1v) is 4.25. The van der Waals surface area contributed by atoms with Crippen LogP contribution in [0.2, 0.25) is 0 Å². The second kappa shape index (κ2) is 5.11. The maximum Gasteiger partial charge on any atom is 0.0313 e. The van der Waals surface area contributed by atoms with Crippen molar-refractivity contribution in [3.05, 3.63) is 11.6 Å². The molecule has 0 radical (unpaired) electrons. The van der Waals surface area contributed by atoms with Gasteiger partial charge in [-0.15, -0.1) is 0 Å². The van der Waals surface area contributed by atoms with Gasteiger partial charge >= 0.3 is 0 Å². The summed E-state index contributed by atoms with van der Waals surface area (Å²) in [5.74, 6) is 0.650. The summed E-state index contributed by atoms with van der Waals surface area (Å²) in [6.07, 6.45) is 3.31. The highest BCUT2D eigenvalue weighted by Crippen LogP contribution is 2.12. The molecule has 0 N–H and O–H groups in total. The molecule has 0 saturated carbocycles. The van der Waals surface area contributed by atoms with Crippen LogP contribution in [-0.4, -0.2) is 12.8 Å². The number of hydrogen-bond acceptors (Lipinski definition) is 1. The Balaban J connectivity index is 4.35. The summed E-state index contributed by atoms with van der Waals surface area (Å²) in [5.41, 5.74) is 2.60. The van der Waals surface area contributed by atoms with E-state index in [1.807, 2.05) is 14.0 Å². The van der Waals surface area contributed by atoms with Crippen LogP contribution < -0.4 is 0 Å². The van der Waals surface area contributed by atoms with Crippen molar-refractivity contribution >= 4 is 5.71 Å². The molecule has 0 atom stereocenters. The molecule has 0 rings (SSSR count). The van der Waals surface area contributed by atoms with Gasteiger partial charge in [-0.2, -0.15) is 0 Å². The van der Waals surface area contributed by atoms with Crippen LogP contribution in [0.5, 0.6) is 0 Å². The van der Waals surface area contributed by atoms with E-state index < -0.39 is 0 Å². The molecule has 0 fully saturated rings. The Bertz CT molecular complexity index is 164. The average molecular weight is 153 g/mol. The van der Waals surface area contributed by atoms with E-state index in [2.05, 4.69) is 31.8 Å². The fourth-order valence-corrected chi connectivity index (χ4v) is 1.01. The zero-order valence-corrected chi connectivity index (χ0v) is 8.31. The van der Waals surface area contributed by atoms with E-state index in [0.717, 1.165) is 12.1 Å². The number of allylic oxidation sites excluding steroid dienone is 2. The van der Waals surface area contributed by atoms with Crippen LogP contribution in [0.15, 0.2) is 16.6 Å². The summed E-state index contributed by atoms with van der Waals surface area (Å²) < 4.78 is 0. The number of hydrogen-bond donors (Lipinski definition) is 0. The second-order valence-corrected chi connectivity index (χ2v) is 3.09. The highest BCUT2D eigenvalue weighted by Gasteiger charge is 1.99. The van der Waals surface area contributed by atoms with Crippen LogP contribution in [-0.2, 0) is 0 Å². The molecule has 0 aromatic rings. The topological polar surface area (TPSA) is 12.4 Å². The summed E-state index contributed by atoms with van der Waals surface area (Å²) in [6, 6.07) is 0. The minimum absolute atomic E-state index is 0.650. The lowest BCUT2D eigenvalue weighted by Gasteiger charge is -2.07. The maximum atomic E-state index is 4.10. The molecule has 0 bridgehead atoms. The van der Waals surface area contributed by atoms with E-state index in [4.69, 9.17) is 0 Å². The summed E-state index contributed by atoms with van der Waals surface area (Å²) >= 11 is 0. The average Bonchev–Trinajstić information content (AvgIpc) is 1.99. The Labute approximate surface area is 70.2 Å². The molecule has 0 aliphatic rings. The molecule has 0 heterocycles. The predicted molar refractivity (Wildman–Crippen MR) is 52.2 cm³/mol. The first-order valence-electron chi connectivity index (χ1n) is 4.25. The quantitative estimate of drug-likeness (QED) is 0.552. The van der Waals surface area contributed by atoms with Crippen LogP contribution in [0.3, 0.4) is 0 Å². The first kappa shape index (κ1) is 10.4. The van der Waals surface area contributed by atoms with Crippen molar-refractivity contribution in [1.29, 1.82) is 0 Å². The fraction of sp³-hybridized carbons (Fsp3) is 0.700. The largest absolute Gasteiger partial charge is 0.293 e. The van der Waals surface area contributed by atoms with Crippen molar-refractivity contribution in [2.75, 3.05) is 7.05 Å². The third kappa shape index (κ3) is 3.97. The van der Waals surface area contributed by atoms with Gasteiger partial charge in [0.05, 0.1) is 0 Å². The van der Waals surface area contributed by atoms with Crippen LogP contribution in [0.25, 0.3) is 0 Å². The van der Waals surface area contributed by atoms with Crippen LogP contribution >= 0.6 is 0 Å². The Morgan fingerprint density at radius 1 is 1.45 bits per heavy atom. The Morgan fingerprint density at radius 3 is 2.27 bits per heavy atom. The Hall–Kier alpha value is -0.590. The molecule has 0 aliphatic carbocycles. The zero-order valence-electron chi connectivity index (χ0n) is 8.31. The lowest BCUT2D eigenvalue weighted by Crippen LogP contribution is -1.96. The van der Waals surface area contributed by atoms with E-state index in [1.54, 1.807) is 0 Å². The van der Waals surface area contributed by atoms with E-state index in [9.17, 15) is 0 Å². The van der Waals surface area contributed by atoms with E-state index in [-0.39, 0.29) is 0 Å². The molecule has 0 amide bonds. The Morgan fingerprint density at radius 2 is 2.00 bits per heavy atom. The van der Waals surface area contributed by atoms with E-state index >= 15 is 0 Å². The molecular formula is C10H19N. The zero-order chi connectivity index (χ0) is 8.85. The molecule has 0 spiro atoms. The van der Waals surface area contributed by atoms with Crippen molar-refractivity contribution < 1.29 is 0 Å². The second-order valence-electron chi connectivity index (χ2n) is 3.09. The van der Waals surface area contributed by atoms with Gasteiger partial charge in [0, 0.05) is 12.8 Å². The van der Waals surface area contributed by atoms with Gasteiger partial charge in [-0.25, -0.2) is 0 Å². The van der Waals surface area contributed by atoms with Gasteiger partial charge in [0.1, 0.15) is 0 Å². The standard InChI is InChI=1S/C10H19N/c1-6-10(8(2)3)7-9(4)11-5/h7-8H,6H2,1-5H3/b10-7+,11-9-. The SMILES string of the molecule is CC/C(=C\C(C)=N/C)C(C)C. The normalized spacial score (nSPS) is 14.4. The fourth-order valence-electron chi connectivity index (χ4n) is 1.01. The van der Waals surface area contributed by atoms with Gasteiger partial charge < -0.3 is 0 Å². The van der Waals surface area contributed by atoms with Gasteiger partial charge in [-0.3, -0.25) is 4.99 Å². The number of aliphatic imine (C=N–C) groups is 1. The van der Waals surface area contributed by atoms with Crippen molar-refractivity contribution in [3.8, 4) is 0 Å². The number of nitrogens with zero attached hydrogens (tertiary/aromatic N) is 1. The van der Waals surface area contributed by atoms with Crippen molar-refractivity contribution in [2.45, 2.75) is 34.1 Å². The van der Waals surface area contributed by atoms with Gasteiger partial charge in [0.25, 0.3) is 0 Å². The highest BCUT2D eigenvalue weighted by molar-refractivity contribution is 5.93. The Kier molecular flexibility index (Phi) is 4.84. The minimum Gasteiger partial charge on any atom is -0.293 e. The predicted octanol–water partition coefficient (Wildman–Crippen LogP) is 3.07. The van der Waals surface area contributed by atoms with E-state index in [0.29, 0.717) is 5.92 Å². The van der Waals surface area contributed by atoms with E-state index in [1.165, 1.54) is 5.57 Å². The molecule has 64 valence electrons. The third-order valence-corrected chi connectivity index (χ3v) is 1.90.